The molecule has 0 amide bonds. The van der Waals surface area contributed by atoms with Crippen LogP contribution in [0.3, 0.4) is 0 Å². The lowest BCUT2D eigenvalue weighted by atomic mass is 10.2. The Morgan fingerprint density at radius 2 is 1.90 bits per heavy atom. The summed E-state index contributed by atoms with van der Waals surface area (Å²) >= 11 is 7.47. The van der Waals surface area contributed by atoms with Gasteiger partial charge < -0.3 is 4.74 Å². The second kappa shape index (κ2) is 7.55. The first-order chi connectivity index (χ1) is 14.6. The molecule has 0 saturated heterocycles. The summed E-state index contributed by atoms with van der Waals surface area (Å²) in [4.78, 5) is 18.2. The van der Waals surface area contributed by atoms with Gasteiger partial charge >= 0.3 is 0 Å². The molecule has 0 aliphatic heterocycles. The lowest BCUT2D eigenvalue weighted by molar-refractivity contribution is 0.299. The molecule has 30 heavy (non-hydrogen) atoms. The molecule has 0 unspecified atom stereocenters. The van der Waals surface area contributed by atoms with Crippen molar-refractivity contribution < 1.29 is 9.13 Å². The van der Waals surface area contributed by atoms with E-state index in [1.807, 2.05) is 24.3 Å². The lowest BCUT2D eigenvalue weighted by Crippen LogP contribution is -2.22. The van der Waals surface area contributed by atoms with Crippen LogP contribution in [-0.4, -0.2) is 9.38 Å². The Balaban J connectivity index is 1.58. The highest BCUT2D eigenvalue weighted by atomic mass is 35.5. The Morgan fingerprint density at radius 1 is 1.10 bits per heavy atom. The van der Waals surface area contributed by atoms with Crippen LogP contribution in [-0.2, 0) is 6.61 Å². The molecular weight excluding hydrogens is 423 g/mol. The summed E-state index contributed by atoms with van der Waals surface area (Å²) in [6.45, 7) is 0.0672. The fourth-order valence-electron chi connectivity index (χ4n) is 3.29. The van der Waals surface area contributed by atoms with Crippen LogP contribution >= 0.6 is 22.9 Å². The number of rotatable bonds is 4. The first kappa shape index (κ1) is 18.8. The first-order valence-corrected chi connectivity index (χ1v) is 10.4. The predicted molar refractivity (Wildman–Crippen MR) is 118 cm³/mol. The van der Waals surface area contributed by atoms with E-state index in [4.69, 9.17) is 16.3 Å². The van der Waals surface area contributed by atoms with E-state index in [-0.39, 0.29) is 18.0 Å². The molecule has 0 saturated carbocycles. The van der Waals surface area contributed by atoms with Crippen LogP contribution in [0, 0.1) is 5.82 Å². The van der Waals surface area contributed by atoms with Gasteiger partial charge in [-0.15, -0.1) is 0 Å². The van der Waals surface area contributed by atoms with Gasteiger partial charge in [0.15, 0.2) is 4.96 Å². The molecule has 148 valence electrons. The summed E-state index contributed by atoms with van der Waals surface area (Å²) in [5, 5.41) is 0.513. The van der Waals surface area contributed by atoms with E-state index in [2.05, 4.69) is 4.98 Å². The van der Waals surface area contributed by atoms with Crippen molar-refractivity contribution in [2.45, 2.75) is 6.61 Å². The van der Waals surface area contributed by atoms with E-state index in [0.717, 1.165) is 11.0 Å². The van der Waals surface area contributed by atoms with Gasteiger partial charge in [-0.3, -0.25) is 4.79 Å². The Hall–Kier alpha value is -3.22. The van der Waals surface area contributed by atoms with Crippen molar-refractivity contribution in [2.75, 3.05) is 0 Å². The van der Waals surface area contributed by atoms with Gasteiger partial charge in [0, 0.05) is 16.1 Å². The lowest BCUT2D eigenvalue weighted by Gasteiger charge is -2.10. The number of ether oxygens (including phenoxy) is 1. The first-order valence-electron chi connectivity index (χ1n) is 9.17. The summed E-state index contributed by atoms with van der Waals surface area (Å²) in [5.74, 6) is 0.183. The van der Waals surface area contributed by atoms with E-state index in [1.165, 1.54) is 17.4 Å². The second-order valence-electron chi connectivity index (χ2n) is 6.70. The molecular formula is C23H14ClFN2O2S. The second-order valence-corrected chi connectivity index (χ2v) is 8.14. The molecule has 3 aromatic carbocycles. The molecule has 2 heterocycles. The van der Waals surface area contributed by atoms with Gasteiger partial charge in [-0.25, -0.2) is 13.8 Å². The van der Waals surface area contributed by atoms with E-state index >= 15 is 0 Å². The van der Waals surface area contributed by atoms with Crippen LogP contribution in [0.1, 0.15) is 11.1 Å². The van der Waals surface area contributed by atoms with Gasteiger partial charge in [0.2, 0.25) is 0 Å². The average molecular weight is 437 g/mol. The maximum absolute atomic E-state index is 13.9. The number of thiazole rings is 1. The molecule has 5 aromatic rings. The average Bonchev–Trinajstić information content (AvgIpc) is 3.25. The minimum Gasteiger partial charge on any atom is -0.488 e. The third-order valence-electron chi connectivity index (χ3n) is 4.74. The Labute approximate surface area is 179 Å². The Kier molecular flexibility index (Phi) is 4.73. The minimum absolute atomic E-state index is 0.0672. The third-order valence-corrected chi connectivity index (χ3v) is 5.95. The maximum atomic E-state index is 13.9. The third kappa shape index (κ3) is 3.34. The SMILES string of the molecule is O=c1/c(=C\c2cc(Cl)ccc2OCc2ccccc2F)sc2nc3ccccc3n12. The fourth-order valence-corrected chi connectivity index (χ4v) is 4.45. The van der Waals surface area contributed by atoms with Crippen molar-refractivity contribution in [3.8, 4) is 5.75 Å². The van der Waals surface area contributed by atoms with Crippen molar-refractivity contribution >= 4 is 45.0 Å². The molecule has 0 atom stereocenters. The summed E-state index contributed by atoms with van der Waals surface area (Å²) < 4.78 is 21.9. The molecule has 0 radical (unpaired) electrons. The van der Waals surface area contributed by atoms with Crippen molar-refractivity contribution in [1.29, 1.82) is 0 Å². The van der Waals surface area contributed by atoms with Crippen LogP contribution in [0.5, 0.6) is 5.75 Å². The monoisotopic (exact) mass is 436 g/mol. The van der Waals surface area contributed by atoms with Crippen molar-refractivity contribution in [2.24, 2.45) is 0 Å². The van der Waals surface area contributed by atoms with Crippen molar-refractivity contribution in [1.82, 2.24) is 9.38 Å². The number of aromatic nitrogens is 2. The number of nitrogens with zero attached hydrogens (tertiary/aromatic N) is 2. The zero-order valence-corrected chi connectivity index (χ0v) is 17.1. The normalized spacial score (nSPS) is 12.1. The zero-order valence-electron chi connectivity index (χ0n) is 15.5. The van der Waals surface area contributed by atoms with Crippen LogP contribution in [0.4, 0.5) is 4.39 Å². The maximum Gasteiger partial charge on any atom is 0.274 e. The topological polar surface area (TPSA) is 43.6 Å². The van der Waals surface area contributed by atoms with Crippen LogP contribution < -0.4 is 14.8 Å². The van der Waals surface area contributed by atoms with Gasteiger partial charge in [0.05, 0.1) is 15.6 Å². The van der Waals surface area contributed by atoms with Gasteiger partial charge in [-0.1, -0.05) is 53.3 Å². The van der Waals surface area contributed by atoms with Gasteiger partial charge in [0.25, 0.3) is 5.56 Å². The Morgan fingerprint density at radius 3 is 2.77 bits per heavy atom. The predicted octanol–water partition coefficient (Wildman–Crippen LogP) is 4.83. The summed E-state index contributed by atoms with van der Waals surface area (Å²) in [7, 11) is 0. The zero-order chi connectivity index (χ0) is 20.7. The number of imidazole rings is 1. The molecule has 7 heteroatoms. The number of benzene rings is 3. The van der Waals surface area contributed by atoms with Crippen LogP contribution in [0.15, 0.2) is 71.5 Å². The molecule has 0 N–H and O–H groups in total. The van der Waals surface area contributed by atoms with Gasteiger partial charge in [0.1, 0.15) is 18.2 Å². The Bertz CT molecular complexity index is 1510. The van der Waals surface area contributed by atoms with Crippen molar-refractivity contribution in [3.63, 3.8) is 0 Å². The molecule has 2 aromatic heterocycles. The molecule has 0 fully saturated rings. The summed E-state index contributed by atoms with van der Waals surface area (Å²) in [5.41, 5.74) is 2.50. The van der Waals surface area contributed by atoms with E-state index < -0.39 is 0 Å². The van der Waals surface area contributed by atoms with Gasteiger partial charge in [-0.05, 0) is 42.5 Å². The molecule has 0 bridgehead atoms. The van der Waals surface area contributed by atoms with E-state index in [0.29, 0.717) is 31.4 Å². The van der Waals surface area contributed by atoms with Crippen LogP contribution in [0.25, 0.3) is 22.1 Å². The number of fused-ring (bicyclic) bond motifs is 3. The van der Waals surface area contributed by atoms with Crippen LogP contribution in [0.2, 0.25) is 5.02 Å². The fraction of sp³-hybridized carbons (Fsp3) is 0.0435. The smallest absolute Gasteiger partial charge is 0.274 e. The van der Waals surface area contributed by atoms with E-state index in [9.17, 15) is 9.18 Å². The minimum atomic E-state index is -0.329. The molecule has 0 spiro atoms. The molecule has 0 aliphatic rings. The van der Waals surface area contributed by atoms with Crippen molar-refractivity contribution in [3.05, 3.63) is 104 Å². The summed E-state index contributed by atoms with van der Waals surface area (Å²) in [6, 6.07) is 19.1. The van der Waals surface area contributed by atoms with Gasteiger partial charge in [-0.2, -0.15) is 0 Å². The quantitative estimate of drug-likeness (QED) is 0.405. The summed E-state index contributed by atoms with van der Waals surface area (Å²) in [6.07, 6.45) is 1.74. The highest BCUT2D eigenvalue weighted by molar-refractivity contribution is 7.15. The number of hydrogen-bond acceptors (Lipinski definition) is 4. The molecule has 0 aliphatic carbocycles. The molecule has 5 rings (SSSR count). The standard InChI is InChI=1S/C23H14ClFN2O2S/c24-16-9-10-20(29-13-14-5-1-2-6-17(14)25)15(11-16)12-21-22(28)27-19-8-4-3-7-18(19)26-23(27)30-21/h1-12H,13H2/b21-12+. The number of hydrogen-bond donors (Lipinski definition) is 0. The molecule has 4 nitrogen and oxygen atoms in total. The number of para-hydroxylation sites is 2. The highest BCUT2D eigenvalue weighted by Gasteiger charge is 2.12. The number of halogens is 2. The largest absolute Gasteiger partial charge is 0.488 e. The van der Waals surface area contributed by atoms with E-state index in [1.54, 1.807) is 46.9 Å². The highest BCUT2D eigenvalue weighted by Crippen LogP contribution is 2.25.